The van der Waals surface area contributed by atoms with Crippen molar-refractivity contribution in [1.29, 1.82) is 0 Å². The fourth-order valence-electron chi connectivity index (χ4n) is 3.29. The third kappa shape index (κ3) is 3.74. The van der Waals surface area contributed by atoms with Crippen molar-refractivity contribution in [3.05, 3.63) is 0 Å². The van der Waals surface area contributed by atoms with Gasteiger partial charge in [0.25, 0.3) is 0 Å². The minimum atomic E-state index is 0.825. The lowest BCUT2D eigenvalue weighted by Gasteiger charge is -2.27. The van der Waals surface area contributed by atoms with E-state index in [9.17, 15) is 0 Å². The van der Waals surface area contributed by atoms with Crippen molar-refractivity contribution in [1.82, 2.24) is 10.2 Å². The Morgan fingerprint density at radius 2 is 1.81 bits per heavy atom. The van der Waals surface area contributed by atoms with Gasteiger partial charge in [-0.05, 0) is 58.7 Å². The second-order valence-corrected chi connectivity index (χ2v) is 5.71. The number of nitrogens with one attached hydrogen (secondary N) is 1. The van der Waals surface area contributed by atoms with Gasteiger partial charge in [0.15, 0.2) is 0 Å². The van der Waals surface area contributed by atoms with E-state index in [4.69, 9.17) is 0 Å². The Morgan fingerprint density at radius 1 is 1.06 bits per heavy atom. The van der Waals surface area contributed by atoms with E-state index in [1.165, 1.54) is 70.9 Å². The molecule has 0 spiro atoms. The Labute approximate surface area is 101 Å². The fourth-order valence-corrected chi connectivity index (χ4v) is 3.29. The van der Waals surface area contributed by atoms with Crippen LogP contribution in [0.1, 0.15) is 57.8 Å². The molecule has 2 nitrogen and oxygen atoms in total. The largest absolute Gasteiger partial charge is 0.314 e. The molecule has 0 radical (unpaired) electrons. The maximum absolute atomic E-state index is 3.64. The van der Waals surface area contributed by atoms with Gasteiger partial charge in [0.2, 0.25) is 0 Å². The normalized spacial score (nSPS) is 27.8. The molecule has 0 bridgehead atoms. The van der Waals surface area contributed by atoms with Gasteiger partial charge in [0, 0.05) is 12.1 Å². The molecule has 16 heavy (non-hydrogen) atoms. The highest BCUT2D eigenvalue weighted by Crippen LogP contribution is 2.22. The van der Waals surface area contributed by atoms with E-state index in [1.807, 2.05) is 0 Å². The maximum atomic E-state index is 3.64. The summed E-state index contributed by atoms with van der Waals surface area (Å²) in [6, 6.07) is 1.73. The molecule has 1 aliphatic heterocycles. The topological polar surface area (TPSA) is 15.3 Å². The molecule has 1 N–H and O–H groups in total. The molecule has 2 fully saturated rings. The maximum Gasteiger partial charge on any atom is 0.00922 e. The lowest BCUT2D eigenvalue weighted by atomic mass is 10.0. The van der Waals surface area contributed by atoms with E-state index >= 15 is 0 Å². The fraction of sp³-hybridized carbons (Fsp3) is 1.00. The Bertz CT molecular complexity index is 181. The molecule has 0 amide bonds. The van der Waals surface area contributed by atoms with Gasteiger partial charge in [-0.25, -0.2) is 0 Å². The van der Waals surface area contributed by atoms with Crippen LogP contribution in [0.4, 0.5) is 0 Å². The van der Waals surface area contributed by atoms with Crippen molar-refractivity contribution in [3.8, 4) is 0 Å². The third-order valence-electron chi connectivity index (χ3n) is 4.42. The average Bonchev–Trinajstić information content (AvgIpc) is 2.84. The van der Waals surface area contributed by atoms with Gasteiger partial charge in [0.1, 0.15) is 0 Å². The quantitative estimate of drug-likeness (QED) is 0.772. The van der Waals surface area contributed by atoms with Gasteiger partial charge in [-0.15, -0.1) is 0 Å². The van der Waals surface area contributed by atoms with Gasteiger partial charge < -0.3 is 10.2 Å². The molecule has 1 atom stereocenters. The van der Waals surface area contributed by atoms with Gasteiger partial charge in [-0.1, -0.05) is 19.3 Å². The first kappa shape index (κ1) is 12.4. The lowest BCUT2D eigenvalue weighted by molar-refractivity contribution is 0.233. The predicted molar refractivity (Wildman–Crippen MR) is 69.8 cm³/mol. The van der Waals surface area contributed by atoms with Crippen LogP contribution in [-0.4, -0.2) is 37.1 Å². The van der Waals surface area contributed by atoms with Crippen molar-refractivity contribution < 1.29 is 0 Å². The lowest BCUT2D eigenvalue weighted by Crippen LogP contribution is -2.35. The second kappa shape index (κ2) is 6.61. The molecule has 1 saturated heterocycles. The molecule has 2 heteroatoms. The van der Waals surface area contributed by atoms with Crippen LogP contribution in [0.15, 0.2) is 0 Å². The molecule has 94 valence electrons. The van der Waals surface area contributed by atoms with Crippen LogP contribution < -0.4 is 5.32 Å². The zero-order valence-electron chi connectivity index (χ0n) is 10.9. The van der Waals surface area contributed by atoms with Crippen molar-refractivity contribution in [2.45, 2.75) is 69.9 Å². The van der Waals surface area contributed by atoms with Crippen LogP contribution >= 0.6 is 0 Å². The standard InChI is InChI=1S/C14H28N2/c1-16(14-9-2-3-10-14)12-6-8-13-7-4-5-11-15-13/h13-15H,2-12H2,1H3. The SMILES string of the molecule is CN(CCCC1CCCCN1)C1CCCC1. The molecular weight excluding hydrogens is 196 g/mol. The van der Waals surface area contributed by atoms with E-state index < -0.39 is 0 Å². The minimum Gasteiger partial charge on any atom is -0.314 e. The number of rotatable bonds is 5. The van der Waals surface area contributed by atoms with Crippen molar-refractivity contribution >= 4 is 0 Å². The molecule has 1 saturated carbocycles. The minimum absolute atomic E-state index is 0.825. The third-order valence-corrected chi connectivity index (χ3v) is 4.42. The van der Waals surface area contributed by atoms with Gasteiger partial charge >= 0.3 is 0 Å². The number of piperidine rings is 1. The monoisotopic (exact) mass is 224 g/mol. The first-order chi connectivity index (χ1) is 7.86. The summed E-state index contributed by atoms with van der Waals surface area (Å²) in [5.74, 6) is 0. The Morgan fingerprint density at radius 3 is 2.50 bits per heavy atom. The van der Waals surface area contributed by atoms with E-state index in [0.29, 0.717) is 0 Å². The van der Waals surface area contributed by atoms with Crippen LogP contribution in [0, 0.1) is 0 Å². The molecule has 1 unspecified atom stereocenters. The zero-order valence-corrected chi connectivity index (χ0v) is 10.9. The Hall–Kier alpha value is -0.0800. The highest BCUT2D eigenvalue weighted by Gasteiger charge is 2.19. The first-order valence-corrected chi connectivity index (χ1v) is 7.30. The number of nitrogens with zero attached hydrogens (tertiary/aromatic N) is 1. The summed E-state index contributed by atoms with van der Waals surface area (Å²) in [5, 5.41) is 3.64. The van der Waals surface area contributed by atoms with E-state index in [-0.39, 0.29) is 0 Å². The smallest absolute Gasteiger partial charge is 0.00922 e. The second-order valence-electron chi connectivity index (χ2n) is 5.71. The molecule has 0 aromatic carbocycles. The number of hydrogen-bond donors (Lipinski definition) is 1. The van der Waals surface area contributed by atoms with E-state index in [2.05, 4.69) is 17.3 Å². The van der Waals surface area contributed by atoms with Crippen LogP contribution in [0.3, 0.4) is 0 Å². The van der Waals surface area contributed by atoms with E-state index in [0.717, 1.165) is 12.1 Å². The molecule has 0 aromatic rings. The summed E-state index contributed by atoms with van der Waals surface area (Å²) in [6.07, 6.45) is 12.8. The Kier molecular flexibility index (Phi) is 5.11. The van der Waals surface area contributed by atoms with Crippen LogP contribution in [0.25, 0.3) is 0 Å². The van der Waals surface area contributed by atoms with Crippen LogP contribution in [-0.2, 0) is 0 Å². The number of hydrogen-bond acceptors (Lipinski definition) is 2. The average molecular weight is 224 g/mol. The summed E-state index contributed by atoms with van der Waals surface area (Å²) in [4.78, 5) is 2.61. The van der Waals surface area contributed by atoms with Gasteiger partial charge in [-0.2, -0.15) is 0 Å². The highest BCUT2D eigenvalue weighted by atomic mass is 15.1. The summed E-state index contributed by atoms with van der Waals surface area (Å²) < 4.78 is 0. The van der Waals surface area contributed by atoms with Crippen LogP contribution in [0.5, 0.6) is 0 Å². The molecule has 1 aliphatic carbocycles. The molecule has 2 aliphatic rings. The first-order valence-electron chi connectivity index (χ1n) is 7.30. The summed E-state index contributed by atoms with van der Waals surface area (Å²) in [7, 11) is 2.32. The van der Waals surface area contributed by atoms with Gasteiger partial charge in [-0.3, -0.25) is 0 Å². The molecule has 2 rings (SSSR count). The van der Waals surface area contributed by atoms with E-state index in [1.54, 1.807) is 0 Å². The van der Waals surface area contributed by atoms with Crippen molar-refractivity contribution in [2.75, 3.05) is 20.1 Å². The highest BCUT2D eigenvalue weighted by molar-refractivity contribution is 4.76. The summed E-state index contributed by atoms with van der Waals surface area (Å²) >= 11 is 0. The van der Waals surface area contributed by atoms with Crippen molar-refractivity contribution in [3.63, 3.8) is 0 Å². The van der Waals surface area contributed by atoms with Crippen molar-refractivity contribution in [2.24, 2.45) is 0 Å². The molecule has 0 aromatic heterocycles. The summed E-state index contributed by atoms with van der Waals surface area (Å²) in [5.41, 5.74) is 0. The predicted octanol–water partition coefficient (Wildman–Crippen LogP) is 2.78. The zero-order chi connectivity index (χ0) is 11.2. The Balaban J connectivity index is 1.56. The molecular formula is C14H28N2. The molecule has 1 heterocycles. The van der Waals surface area contributed by atoms with Gasteiger partial charge in [0.05, 0.1) is 0 Å². The summed E-state index contributed by atoms with van der Waals surface area (Å²) in [6.45, 7) is 2.56. The van der Waals surface area contributed by atoms with Crippen LogP contribution in [0.2, 0.25) is 0 Å².